The number of nitrogens with zero attached hydrogens (tertiary/aromatic N) is 1. The minimum Gasteiger partial charge on any atom is -0.374 e. The highest BCUT2D eigenvalue weighted by molar-refractivity contribution is 5.16. The van der Waals surface area contributed by atoms with Crippen LogP contribution in [0.1, 0.15) is 18.9 Å². The van der Waals surface area contributed by atoms with E-state index < -0.39 is 0 Å². The maximum atomic E-state index is 6.29. The zero-order valence-corrected chi connectivity index (χ0v) is 11.2. The van der Waals surface area contributed by atoms with E-state index in [1.54, 1.807) is 0 Å². The number of ether oxygens (including phenoxy) is 1. The fourth-order valence-corrected chi connectivity index (χ4v) is 2.53. The third-order valence-corrected chi connectivity index (χ3v) is 3.51. The van der Waals surface area contributed by atoms with Gasteiger partial charge in [-0.3, -0.25) is 4.90 Å². The van der Waals surface area contributed by atoms with Gasteiger partial charge >= 0.3 is 0 Å². The lowest BCUT2D eigenvalue weighted by Gasteiger charge is -2.35. The van der Waals surface area contributed by atoms with Crippen LogP contribution in [0.5, 0.6) is 0 Å². The molecule has 1 aliphatic heterocycles. The number of hydrogen-bond acceptors (Lipinski definition) is 3. The average molecular weight is 248 g/mol. The summed E-state index contributed by atoms with van der Waals surface area (Å²) in [6.45, 7) is 6.20. The van der Waals surface area contributed by atoms with E-state index >= 15 is 0 Å². The van der Waals surface area contributed by atoms with Crippen LogP contribution in [-0.4, -0.2) is 43.3 Å². The number of nitrogens with two attached hydrogens (primary N) is 1. The second-order valence-corrected chi connectivity index (χ2v) is 5.06. The van der Waals surface area contributed by atoms with Gasteiger partial charge in [-0.25, -0.2) is 0 Å². The molecule has 2 atom stereocenters. The van der Waals surface area contributed by atoms with Crippen molar-refractivity contribution in [2.24, 2.45) is 5.73 Å². The lowest BCUT2D eigenvalue weighted by Crippen LogP contribution is -2.51. The zero-order chi connectivity index (χ0) is 12.8. The molecular weight excluding hydrogens is 224 g/mol. The summed E-state index contributed by atoms with van der Waals surface area (Å²) in [5.41, 5.74) is 7.58. The molecule has 0 aliphatic carbocycles. The fraction of sp³-hybridized carbons (Fsp3) is 0.600. The molecule has 0 saturated carbocycles. The minimum atomic E-state index is 0.0899. The van der Waals surface area contributed by atoms with E-state index in [0.717, 1.165) is 32.7 Å². The lowest BCUT2D eigenvalue weighted by atomic mass is 10.0. The highest BCUT2D eigenvalue weighted by Crippen LogP contribution is 2.12. The van der Waals surface area contributed by atoms with E-state index in [0.29, 0.717) is 0 Å². The van der Waals surface area contributed by atoms with Crippen LogP contribution in [0.15, 0.2) is 30.3 Å². The van der Waals surface area contributed by atoms with Gasteiger partial charge in [0.05, 0.1) is 12.7 Å². The molecule has 1 fully saturated rings. The van der Waals surface area contributed by atoms with Gasteiger partial charge in [0.25, 0.3) is 0 Å². The van der Waals surface area contributed by atoms with Crippen LogP contribution >= 0.6 is 0 Å². The van der Waals surface area contributed by atoms with Crippen LogP contribution in [0.3, 0.4) is 0 Å². The first-order valence-electron chi connectivity index (χ1n) is 6.93. The van der Waals surface area contributed by atoms with Crippen LogP contribution in [-0.2, 0) is 11.2 Å². The van der Waals surface area contributed by atoms with Gasteiger partial charge in [-0.2, -0.15) is 0 Å². The van der Waals surface area contributed by atoms with Crippen molar-refractivity contribution >= 4 is 0 Å². The number of morpholine rings is 1. The summed E-state index contributed by atoms with van der Waals surface area (Å²) in [6, 6.07) is 10.5. The molecule has 0 amide bonds. The molecule has 100 valence electrons. The van der Waals surface area contributed by atoms with Crippen molar-refractivity contribution < 1.29 is 4.74 Å². The lowest BCUT2D eigenvalue weighted by molar-refractivity contribution is -0.0400. The van der Waals surface area contributed by atoms with Crippen molar-refractivity contribution in [1.29, 1.82) is 0 Å². The Morgan fingerprint density at radius 2 is 2.17 bits per heavy atom. The first kappa shape index (κ1) is 13.5. The Morgan fingerprint density at radius 1 is 1.39 bits per heavy atom. The maximum absolute atomic E-state index is 6.29. The predicted octanol–water partition coefficient (Wildman–Crippen LogP) is 1.67. The van der Waals surface area contributed by atoms with Crippen LogP contribution < -0.4 is 5.73 Å². The standard InChI is InChI=1S/C15H24N2O/c1-2-8-17-9-10-18-15(12-17)14(16)11-13-6-4-3-5-7-13/h3-7,14-15H,2,8-12,16H2,1H3. The normalized spacial score (nSPS) is 22.9. The van der Waals surface area contributed by atoms with Crippen LogP contribution in [0.4, 0.5) is 0 Å². The summed E-state index contributed by atoms with van der Waals surface area (Å²) in [7, 11) is 0. The van der Waals surface area contributed by atoms with Gasteiger partial charge < -0.3 is 10.5 Å². The van der Waals surface area contributed by atoms with E-state index in [-0.39, 0.29) is 12.1 Å². The van der Waals surface area contributed by atoms with Gasteiger partial charge in [-0.15, -0.1) is 0 Å². The SMILES string of the molecule is CCCN1CCOC(C(N)Cc2ccccc2)C1. The van der Waals surface area contributed by atoms with Gasteiger partial charge in [-0.05, 0) is 24.9 Å². The van der Waals surface area contributed by atoms with Gasteiger partial charge in [-0.1, -0.05) is 37.3 Å². The Balaban J connectivity index is 1.86. The van der Waals surface area contributed by atoms with Gasteiger partial charge in [0.15, 0.2) is 0 Å². The third-order valence-electron chi connectivity index (χ3n) is 3.51. The summed E-state index contributed by atoms with van der Waals surface area (Å²) in [4.78, 5) is 2.46. The van der Waals surface area contributed by atoms with Gasteiger partial charge in [0.1, 0.15) is 0 Å². The molecule has 0 spiro atoms. The first-order valence-corrected chi connectivity index (χ1v) is 6.93. The molecule has 1 aromatic rings. The van der Waals surface area contributed by atoms with E-state index in [1.807, 2.05) is 6.07 Å². The summed E-state index contributed by atoms with van der Waals surface area (Å²) < 4.78 is 5.82. The molecular formula is C15H24N2O. The topological polar surface area (TPSA) is 38.5 Å². The summed E-state index contributed by atoms with van der Waals surface area (Å²) in [5.74, 6) is 0. The third kappa shape index (κ3) is 3.80. The maximum Gasteiger partial charge on any atom is 0.0856 e. The molecule has 0 bridgehead atoms. The van der Waals surface area contributed by atoms with E-state index in [1.165, 1.54) is 12.0 Å². The monoisotopic (exact) mass is 248 g/mol. The Hall–Kier alpha value is -0.900. The summed E-state index contributed by atoms with van der Waals surface area (Å²) in [6.07, 6.45) is 2.26. The van der Waals surface area contributed by atoms with E-state index in [4.69, 9.17) is 10.5 Å². The smallest absolute Gasteiger partial charge is 0.0856 e. The second kappa shape index (κ2) is 6.88. The first-order chi connectivity index (χ1) is 8.79. The van der Waals surface area contributed by atoms with Crippen molar-refractivity contribution in [3.63, 3.8) is 0 Å². The van der Waals surface area contributed by atoms with Crippen molar-refractivity contribution in [1.82, 2.24) is 4.90 Å². The highest BCUT2D eigenvalue weighted by atomic mass is 16.5. The molecule has 1 aliphatic rings. The minimum absolute atomic E-state index is 0.0899. The number of benzene rings is 1. The second-order valence-electron chi connectivity index (χ2n) is 5.06. The van der Waals surface area contributed by atoms with Crippen molar-refractivity contribution in [3.8, 4) is 0 Å². The Morgan fingerprint density at radius 3 is 2.89 bits per heavy atom. The van der Waals surface area contributed by atoms with Crippen molar-refractivity contribution in [3.05, 3.63) is 35.9 Å². The molecule has 1 heterocycles. The number of rotatable bonds is 5. The molecule has 3 heteroatoms. The van der Waals surface area contributed by atoms with Crippen molar-refractivity contribution in [2.45, 2.75) is 31.9 Å². The van der Waals surface area contributed by atoms with Crippen molar-refractivity contribution in [2.75, 3.05) is 26.2 Å². The fourth-order valence-electron chi connectivity index (χ4n) is 2.53. The molecule has 0 radical (unpaired) electrons. The molecule has 1 saturated heterocycles. The zero-order valence-electron chi connectivity index (χ0n) is 11.2. The van der Waals surface area contributed by atoms with Crippen LogP contribution in [0.2, 0.25) is 0 Å². The average Bonchev–Trinajstić information content (AvgIpc) is 2.40. The molecule has 3 nitrogen and oxygen atoms in total. The van der Waals surface area contributed by atoms with Crippen LogP contribution in [0, 0.1) is 0 Å². The Labute approximate surface area is 110 Å². The summed E-state index contributed by atoms with van der Waals surface area (Å²) in [5, 5.41) is 0. The molecule has 1 aromatic carbocycles. The molecule has 18 heavy (non-hydrogen) atoms. The Kier molecular flexibility index (Phi) is 5.17. The largest absolute Gasteiger partial charge is 0.374 e. The van der Waals surface area contributed by atoms with Crippen LogP contribution in [0.25, 0.3) is 0 Å². The summed E-state index contributed by atoms with van der Waals surface area (Å²) >= 11 is 0. The van der Waals surface area contributed by atoms with Gasteiger partial charge in [0, 0.05) is 19.1 Å². The molecule has 2 rings (SSSR count). The quantitative estimate of drug-likeness (QED) is 0.861. The van der Waals surface area contributed by atoms with E-state index in [9.17, 15) is 0 Å². The number of hydrogen-bond donors (Lipinski definition) is 1. The highest BCUT2D eigenvalue weighted by Gasteiger charge is 2.25. The predicted molar refractivity (Wildman–Crippen MR) is 74.6 cm³/mol. The Bertz CT molecular complexity index is 340. The molecule has 2 N–H and O–H groups in total. The van der Waals surface area contributed by atoms with Gasteiger partial charge in [0.2, 0.25) is 0 Å². The van der Waals surface area contributed by atoms with E-state index in [2.05, 4.69) is 36.1 Å². The molecule has 0 aromatic heterocycles. The molecule has 2 unspecified atom stereocenters.